The van der Waals surface area contributed by atoms with Crippen molar-refractivity contribution in [3.63, 3.8) is 0 Å². The van der Waals surface area contributed by atoms with E-state index in [0.29, 0.717) is 16.5 Å². The number of hydrogen-bond acceptors (Lipinski definition) is 6. The summed E-state index contributed by atoms with van der Waals surface area (Å²) >= 11 is 6.81. The van der Waals surface area contributed by atoms with Crippen molar-refractivity contribution in [2.24, 2.45) is 0 Å². The van der Waals surface area contributed by atoms with Crippen molar-refractivity contribution in [3.05, 3.63) is 28.7 Å². The molecule has 6 nitrogen and oxygen atoms in total. The number of nitrogen functional groups attached to an aromatic ring is 1. The van der Waals surface area contributed by atoms with E-state index in [1.54, 1.807) is 6.92 Å². The van der Waals surface area contributed by atoms with Gasteiger partial charge in [0.15, 0.2) is 0 Å². The van der Waals surface area contributed by atoms with Crippen molar-refractivity contribution in [3.8, 4) is 0 Å². The maximum atomic E-state index is 11.8. The van der Waals surface area contributed by atoms with Crippen LogP contribution in [-0.4, -0.2) is 20.2 Å². The van der Waals surface area contributed by atoms with E-state index in [2.05, 4.69) is 19.7 Å². The largest absolute Gasteiger partial charge is 0.384 e. The van der Waals surface area contributed by atoms with Crippen LogP contribution in [0.3, 0.4) is 0 Å². The van der Waals surface area contributed by atoms with Crippen LogP contribution in [0.1, 0.15) is 16.2 Å². The first-order valence-electron chi connectivity index (χ1n) is 4.59. The molecule has 0 fully saturated rings. The summed E-state index contributed by atoms with van der Waals surface area (Å²) in [5, 5.41) is 3.20. The van der Waals surface area contributed by atoms with E-state index in [9.17, 15) is 4.79 Å². The molecule has 0 saturated heterocycles. The van der Waals surface area contributed by atoms with Gasteiger partial charge in [0.1, 0.15) is 16.8 Å². The van der Waals surface area contributed by atoms with E-state index >= 15 is 0 Å². The Hall–Kier alpha value is -1.73. The number of rotatable bonds is 2. The summed E-state index contributed by atoms with van der Waals surface area (Å²) in [5.74, 6) is 0.450. The molecule has 0 radical (unpaired) electrons. The second kappa shape index (κ2) is 4.64. The summed E-state index contributed by atoms with van der Waals surface area (Å²) in [7, 11) is 0. The predicted octanol–water partition coefficient (Wildman–Crippen LogP) is 1.73. The lowest BCUT2D eigenvalue weighted by molar-refractivity contribution is 0.102. The van der Waals surface area contributed by atoms with Crippen molar-refractivity contribution in [1.29, 1.82) is 0 Å². The minimum Gasteiger partial charge on any atom is -0.384 e. The number of amides is 1. The number of carbonyl (C=O) groups excluding carboxylic acids is 1. The number of nitrogens with zero attached hydrogens (tertiary/aromatic N) is 3. The van der Waals surface area contributed by atoms with Gasteiger partial charge >= 0.3 is 0 Å². The molecule has 17 heavy (non-hydrogen) atoms. The molecule has 0 spiro atoms. The molecule has 2 rings (SSSR count). The minimum atomic E-state index is -0.350. The molecule has 0 saturated carbocycles. The molecule has 2 aromatic rings. The van der Waals surface area contributed by atoms with Gasteiger partial charge in [-0.2, -0.15) is 4.37 Å². The molecule has 0 aromatic carbocycles. The maximum Gasteiger partial charge on any atom is 0.257 e. The third-order valence-electron chi connectivity index (χ3n) is 1.82. The summed E-state index contributed by atoms with van der Waals surface area (Å²) < 4.78 is 3.95. The fourth-order valence-corrected chi connectivity index (χ4v) is 1.95. The number of hydrogen-bond donors (Lipinski definition) is 2. The normalized spacial score (nSPS) is 10.2. The van der Waals surface area contributed by atoms with Gasteiger partial charge in [-0.25, -0.2) is 9.97 Å². The van der Waals surface area contributed by atoms with E-state index in [1.165, 1.54) is 12.1 Å². The summed E-state index contributed by atoms with van der Waals surface area (Å²) in [6.45, 7) is 1.74. The average Bonchev–Trinajstić information content (AvgIpc) is 2.62. The molecule has 0 atom stereocenters. The van der Waals surface area contributed by atoms with Crippen molar-refractivity contribution in [2.75, 3.05) is 11.1 Å². The van der Waals surface area contributed by atoms with Crippen LogP contribution in [0.5, 0.6) is 0 Å². The highest BCUT2D eigenvalue weighted by Gasteiger charge is 2.10. The van der Waals surface area contributed by atoms with Crippen LogP contribution in [0.15, 0.2) is 12.1 Å². The molecule has 0 aliphatic rings. The molecule has 0 aliphatic carbocycles. The number of carbonyl (C=O) groups is 1. The summed E-state index contributed by atoms with van der Waals surface area (Å²) in [6.07, 6.45) is 0. The van der Waals surface area contributed by atoms with Crippen LogP contribution in [0.2, 0.25) is 5.15 Å². The zero-order valence-electron chi connectivity index (χ0n) is 8.77. The van der Waals surface area contributed by atoms with E-state index < -0.39 is 0 Å². The monoisotopic (exact) mass is 269 g/mol. The number of nitrogens with two attached hydrogens (primary N) is 1. The van der Waals surface area contributed by atoms with Crippen LogP contribution in [0, 0.1) is 6.92 Å². The van der Waals surface area contributed by atoms with Gasteiger partial charge < -0.3 is 5.73 Å². The van der Waals surface area contributed by atoms with Crippen molar-refractivity contribution in [1.82, 2.24) is 14.3 Å². The Morgan fingerprint density at radius 1 is 1.47 bits per heavy atom. The SMILES string of the molecule is Cc1nsc(NC(=O)c2cc(N)nc(Cl)c2)n1. The summed E-state index contributed by atoms with van der Waals surface area (Å²) in [4.78, 5) is 19.6. The Morgan fingerprint density at radius 3 is 2.82 bits per heavy atom. The lowest BCUT2D eigenvalue weighted by atomic mass is 10.2. The third kappa shape index (κ3) is 2.89. The zero-order valence-corrected chi connectivity index (χ0v) is 10.3. The lowest BCUT2D eigenvalue weighted by Gasteiger charge is -2.02. The number of nitrogens with one attached hydrogen (secondary N) is 1. The fourth-order valence-electron chi connectivity index (χ4n) is 1.17. The fraction of sp³-hybridized carbons (Fsp3) is 0.111. The van der Waals surface area contributed by atoms with Gasteiger partial charge in [0, 0.05) is 17.1 Å². The van der Waals surface area contributed by atoms with Crippen LogP contribution < -0.4 is 11.1 Å². The molecule has 8 heteroatoms. The highest BCUT2D eigenvalue weighted by molar-refractivity contribution is 7.09. The van der Waals surface area contributed by atoms with Gasteiger partial charge in [-0.3, -0.25) is 10.1 Å². The molecular weight excluding hydrogens is 262 g/mol. The van der Waals surface area contributed by atoms with Crippen molar-refractivity contribution >= 4 is 40.0 Å². The molecule has 3 N–H and O–H groups in total. The van der Waals surface area contributed by atoms with Crippen LogP contribution in [0.25, 0.3) is 0 Å². The average molecular weight is 270 g/mol. The minimum absolute atomic E-state index is 0.170. The Bertz CT molecular complexity index is 550. The van der Waals surface area contributed by atoms with E-state index in [4.69, 9.17) is 17.3 Å². The van der Waals surface area contributed by atoms with E-state index in [0.717, 1.165) is 11.5 Å². The van der Waals surface area contributed by atoms with Crippen LogP contribution >= 0.6 is 23.1 Å². The molecule has 88 valence electrons. The standard InChI is InChI=1S/C9H8ClN5OS/c1-4-12-9(17-15-4)14-8(16)5-2-6(10)13-7(11)3-5/h2-3H,1H3,(H2,11,13)(H,12,14,15,16). The van der Waals surface area contributed by atoms with E-state index in [1.807, 2.05) is 0 Å². The number of aromatic nitrogens is 3. The van der Waals surface area contributed by atoms with E-state index in [-0.39, 0.29) is 16.9 Å². The van der Waals surface area contributed by atoms with Gasteiger partial charge in [-0.15, -0.1) is 0 Å². The Balaban J connectivity index is 2.19. The van der Waals surface area contributed by atoms with Gasteiger partial charge in [0.25, 0.3) is 5.91 Å². The van der Waals surface area contributed by atoms with Gasteiger partial charge in [-0.05, 0) is 19.1 Å². The second-order valence-corrected chi connectivity index (χ2v) is 4.34. The van der Waals surface area contributed by atoms with Crippen molar-refractivity contribution in [2.45, 2.75) is 6.92 Å². The molecule has 1 amide bonds. The predicted molar refractivity (Wildman–Crippen MR) is 66.3 cm³/mol. The number of aryl methyl sites for hydroxylation is 1. The molecular formula is C9H8ClN5OS. The highest BCUT2D eigenvalue weighted by atomic mass is 35.5. The Kier molecular flexibility index (Phi) is 3.21. The van der Waals surface area contributed by atoms with Crippen LogP contribution in [0.4, 0.5) is 10.9 Å². The maximum absolute atomic E-state index is 11.8. The molecule has 0 unspecified atom stereocenters. The summed E-state index contributed by atoms with van der Waals surface area (Å²) in [6, 6.07) is 2.87. The number of halogens is 1. The highest BCUT2D eigenvalue weighted by Crippen LogP contribution is 2.15. The smallest absolute Gasteiger partial charge is 0.257 e. The topological polar surface area (TPSA) is 93.8 Å². The van der Waals surface area contributed by atoms with Crippen LogP contribution in [-0.2, 0) is 0 Å². The molecule has 0 bridgehead atoms. The first-order chi connectivity index (χ1) is 8.04. The van der Waals surface area contributed by atoms with Gasteiger partial charge in [-0.1, -0.05) is 11.6 Å². The number of anilines is 2. The van der Waals surface area contributed by atoms with Gasteiger partial charge in [0.2, 0.25) is 5.13 Å². The summed E-state index contributed by atoms with van der Waals surface area (Å²) in [5.41, 5.74) is 5.82. The second-order valence-electron chi connectivity index (χ2n) is 3.20. The Morgan fingerprint density at radius 2 is 2.24 bits per heavy atom. The van der Waals surface area contributed by atoms with Gasteiger partial charge in [0.05, 0.1) is 0 Å². The quantitative estimate of drug-likeness (QED) is 0.810. The molecule has 0 aliphatic heterocycles. The molecule has 2 aromatic heterocycles. The Labute approximate surface area is 106 Å². The third-order valence-corrected chi connectivity index (χ3v) is 2.74. The van der Waals surface area contributed by atoms with Crippen molar-refractivity contribution < 1.29 is 4.79 Å². The lowest BCUT2D eigenvalue weighted by Crippen LogP contribution is -2.12. The first-order valence-corrected chi connectivity index (χ1v) is 5.74. The first kappa shape index (κ1) is 11.7. The zero-order chi connectivity index (χ0) is 12.4. The number of pyridine rings is 1. The molecule has 2 heterocycles.